The Hall–Kier alpha value is 0.801. The topological polar surface area (TPSA) is 0 Å². The summed E-state index contributed by atoms with van der Waals surface area (Å²) in [6.07, 6.45) is 0. The first kappa shape index (κ1) is 17.8. The minimum absolute atomic E-state index is 0. The molecule has 1 aromatic rings. The maximum atomic E-state index is 12.2. The van der Waals surface area contributed by atoms with Crippen LogP contribution in [-0.4, -0.2) is 12.7 Å². The molecule has 0 radical (unpaired) electrons. The molecular formula is C11H13BF3KS. The summed E-state index contributed by atoms with van der Waals surface area (Å²) in [6.45, 7) is 0.144. The summed E-state index contributed by atoms with van der Waals surface area (Å²) in [6, 6.07) is 7.77. The Kier molecular flexibility index (Phi) is 8.45. The monoisotopic (exact) mass is 284 g/mol. The van der Waals surface area contributed by atoms with Crippen LogP contribution in [0.25, 0.3) is 0 Å². The van der Waals surface area contributed by atoms with E-state index in [2.05, 4.69) is 6.58 Å². The normalized spacial score (nSPS) is 10.8. The van der Waals surface area contributed by atoms with Gasteiger partial charge in [0, 0.05) is 5.75 Å². The largest absolute Gasteiger partial charge is 1.00 e. The molecule has 0 atom stereocenters. The Morgan fingerprint density at radius 1 is 1.35 bits per heavy atom. The predicted molar refractivity (Wildman–Crippen MR) is 65.6 cm³/mol. The number of aryl methyl sites for hydroxylation is 1. The van der Waals surface area contributed by atoms with Crippen LogP contribution in [0.15, 0.2) is 36.3 Å². The molecule has 1 rings (SSSR count). The number of rotatable bonds is 5. The van der Waals surface area contributed by atoms with Crippen LogP contribution in [-0.2, 0) is 5.75 Å². The van der Waals surface area contributed by atoms with Gasteiger partial charge in [-0.3, -0.25) is 0 Å². The number of hydrogen-bond acceptors (Lipinski definition) is 1. The van der Waals surface area contributed by atoms with Crippen LogP contribution < -0.4 is 51.4 Å². The molecule has 0 aliphatic carbocycles. The summed E-state index contributed by atoms with van der Waals surface area (Å²) in [5.41, 5.74) is 1.56. The summed E-state index contributed by atoms with van der Waals surface area (Å²) in [7, 11) is 0. The number of benzene rings is 1. The van der Waals surface area contributed by atoms with Gasteiger partial charge in [-0.15, -0.1) is 12.1 Å². The third kappa shape index (κ3) is 7.08. The molecule has 0 fully saturated rings. The van der Waals surface area contributed by atoms with Gasteiger partial charge in [-0.25, -0.2) is 0 Å². The van der Waals surface area contributed by atoms with E-state index in [0.717, 1.165) is 11.1 Å². The van der Waals surface area contributed by atoms with Crippen molar-refractivity contribution in [1.29, 1.82) is 0 Å². The van der Waals surface area contributed by atoms with E-state index >= 15 is 0 Å². The molecule has 0 unspecified atom stereocenters. The average molecular weight is 284 g/mol. The Labute approximate surface area is 147 Å². The van der Waals surface area contributed by atoms with Crippen LogP contribution in [0.2, 0.25) is 0 Å². The fourth-order valence-corrected chi connectivity index (χ4v) is 2.16. The minimum Gasteiger partial charge on any atom is -0.445 e. The van der Waals surface area contributed by atoms with Crippen molar-refractivity contribution in [2.75, 3.05) is 5.75 Å². The van der Waals surface area contributed by atoms with Crippen molar-refractivity contribution in [2.24, 2.45) is 0 Å². The van der Waals surface area contributed by atoms with Crippen LogP contribution in [0.3, 0.4) is 0 Å². The van der Waals surface area contributed by atoms with Gasteiger partial charge in [0.05, 0.1) is 0 Å². The fraction of sp³-hybridized carbons (Fsp3) is 0.273. The van der Waals surface area contributed by atoms with Crippen molar-refractivity contribution >= 4 is 18.7 Å². The predicted octanol–water partition coefficient (Wildman–Crippen LogP) is 1.18. The summed E-state index contributed by atoms with van der Waals surface area (Å²) in [5.74, 6) is 0.546. The summed E-state index contributed by atoms with van der Waals surface area (Å²) >= 11 is 1.25. The second kappa shape index (κ2) is 8.07. The standard InChI is InChI=1S/C11H13BF3S.K/c1-9-4-3-5-11(6-9)8-16-7-10(2)12(13,14)15;/h3-6H,2,7-8H2,1H3;/q-1;+1. The van der Waals surface area contributed by atoms with Crippen molar-refractivity contribution in [3.8, 4) is 0 Å². The molecule has 88 valence electrons. The number of halogens is 3. The van der Waals surface area contributed by atoms with Crippen LogP contribution in [0, 0.1) is 6.92 Å². The SMILES string of the molecule is C=C(CSCc1cccc(C)c1)[B-](F)(F)F.[K+]. The molecule has 0 aromatic heterocycles. The van der Waals surface area contributed by atoms with Gasteiger partial charge in [0.25, 0.3) is 0 Å². The maximum Gasteiger partial charge on any atom is 1.00 e. The second-order valence-electron chi connectivity index (χ2n) is 3.71. The van der Waals surface area contributed by atoms with Crippen LogP contribution in [0.1, 0.15) is 11.1 Å². The van der Waals surface area contributed by atoms with E-state index in [1.807, 2.05) is 31.2 Å². The van der Waals surface area contributed by atoms with E-state index in [1.54, 1.807) is 0 Å². The second-order valence-corrected chi connectivity index (χ2v) is 4.70. The maximum absolute atomic E-state index is 12.2. The molecule has 0 saturated heterocycles. The smallest absolute Gasteiger partial charge is 0.445 e. The summed E-state index contributed by atoms with van der Waals surface area (Å²) < 4.78 is 36.6. The third-order valence-electron chi connectivity index (χ3n) is 2.10. The van der Waals surface area contributed by atoms with Gasteiger partial charge < -0.3 is 12.9 Å². The van der Waals surface area contributed by atoms with E-state index in [9.17, 15) is 12.9 Å². The average Bonchev–Trinajstić information content (AvgIpc) is 2.16. The van der Waals surface area contributed by atoms with Crippen molar-refractivity contribution in [1.82, 2.24) is 0 Å². The van der Waals surface area contributed by atoms with Crippen LogP contribution >= 0.6 is 11.8 Å². The number of thioether (sulfide) groups is 1. The van der Waals surface area contributed by atoms with Crippen LogP contribution in [0.5, 0.6) is 0 Å². The Balaban J connectivity index is 0.00000256. The van der Waals surface area contributed by atoms with Gasteiger partial charge in [-0.05, 0) is 18.2 Å². The third-order valence-corrected chi connectivity index (χ3v) is 3.21. The molecule has 0 heterocycles. The molecule has 6 heteroatoms. The van der Waals surface area contributed by atoms with Gasteiger partial charge in [0.1, 0.15) is 0 Å². The molecule has 0 N–H and O–H groups in total. The van der Waals surface area contributed by atoms with Gasteiger partial charge >= 0.3 is 58.4 Å². The van der Waals surface area contributed by atoms with Crippen LogP contribution in [0.4, 0.5) is 12.9 Å². The van der Waals surface area contributed by atoms with Crippen molar-refractivity contribution in [3.05, 3.63) is 47.4 Å². The Morgan fingerprint density at radius 2 is 2.00 bits per heavy atom. The fourth-order valence-electron chi connectivity index (χ4n) is 1.20. The van der Waals surface area contributed by atoms with Gasteiger partial charge in [0.15, 0.2) is 0 Å². The van der Waals surface area contributed by atoms with Crippen molar-refractivity contribution < 1.29 is 64.3 Å². The quantitative estimate of drug-likeness (QED) is 0.732. The molecule has 0 amide bonds. The van der Waals surface area contributed by atoms with Gasteiger partial charge in [-0.1, -0.05) is 29.8 Å². The Bertz CT molecular complexity index is 379. The number of hydrogen-bond donors (Lipinski definition) is 0. The van der Waals surface area contributed by atoms with E-state index in [4.69, 9.17) is 0 Å². The molecule has 1 aromatic carbocycles. The molecule has 0 aliphatic rings. The van der Waals surface area contributed by atoms with Gasteiger partial charge in [0.2, 0.25) is 0 Å². The van der Waals surface area contributed by atoms with Gasteiger partial charge in [-0.2, -0.15) is 11.8 Å². The van der Waals surface area contributed by atoms with E-state index in [0.29, 0.717) is 5.75 Å². The molecular weight excluding hydrogens is 271 g/mol. The molecule has 0 nitrogen and oxygen atoms in total. The first-order chi connectivity index (χ1) is 7.39. The Morgan fingerprint density at radius 3 is 2.53 bits per heavy atom. The molecule has 17 heavy (non-hydrogen) atoms. The first-order valence-corrected chi connectivity index (χ1v) is 6.06. The van der Waals surface area contributed by atoms with E-state index in [1.165, 1.54) is 11.8 Å². The molecule has 0 bridgehead atoms. The zero-order chi connectivity index (χ0) is 12.2. The van der Waals surface area contributed by atoms with E-state index in [-0.39, 0.29) is 57.1 Å². The summed E-state index contributed by atoms with van der Waals surface area (Å²) in [4.78, 5) is 0. The minimum atomic E-state index is -4.88. The zero-order valence-electron chi connectivity index (χ0n) is 10.1. The molecule has 0 spiro atoms. The van der Waals surface area contributed by atoms with Crippen molar-refractivity contribution in [3.63, 3.8) is 0 Å². The summed E-state index contributed by atoms with van der Waals surface area (Å²) in [5, 5.41) is 0. The molecule has 0 aliphatic heterocycles. The first-order valence-electron chi connectivity index (χ1n) is 4.90. The van der Waals surface area contributed by atoms with Crippen molar-refractivity contribution in [2.45, 2.75) is 12.7 Å². The molecule has 0 saturated carbocycles. The zero-order valence-corrected chi connectivity index (χ0v) is 14.0. The van der Waals surface area contributed by atoms with E-state index < -0.39 is 12.4 Å².